The summed E-state index contributed by atoms with van der Waals surface area (Å²) in [5.41, 5.74) is 8.50. The summed E-state index contributed by atoms with van der Waals surface area (Å²) in [6, 6.07) is 5.97. The molecule has 5 heteroatoms. The Morgan fingerprint density at radius 3 is 3.00 bits per heavy atom. The molecule has 0 amide bonds. The third kappa shape index (κ3) is 1.29. The van der Waals surface area contributed by atoms with E-state index in [4.69, 9.17) is 5.73 Å². The van der Waals surface area contributed by atoms with Gasteiger partial charge >= 0.3 is 0 Å². The van der Waals surface area contributed by atoms with E-state index in [0.29, 0.717) is 0 Å². The van der Waals surface area contributed by atoms with E-state index in [1.54, 1.807) is 11.3 Å². The zero-order valence-corrected chi connectivity index (χ0v) is 9.53. The van der Waals surface area contributed by atoms with Crippen molar-refractivity contribution >= 4 is 22.7 Å². The Morgan fingerprint density at radius 2 is 2.25 bits per heavy atom. The highest BCUT2D eigenvalue weighted by Gasteiger charge is 2.09. The van der Waals surface area contributed by atoms with Gasteiger partial charge in [-0.3, -0.25) is 4.40 Å². The summed E-state index contributed by atoms with van der Waals surface area (Å²) in [5, 5.41) is 10.4. The SMILES string of the molecule is Cc1cc2nnc(-c3cccs3)n2cc1N. The fraction of sp³-hybridized carbons (Fsp3) is 0.0909. The number of pyridine rings is 1. The molecule has 3 aromatic heterocycles. The Hall–Kier alpha value is -1.88. The number of hydrogen-bond donors (Lipinski definition) is 1. The molecule has 0 saturated heterocycles. The molecule has 0 saturated carbocycles. The Kier molecular flexibility index (Phi) is 1.94. The molecule has 0 aliphatic heterocycles. The standard InChI is InChI=1S/C11H10N4S/c1-7-5-10-13-14-11(9-3-2-4-16-9)15(10)6-8(7)12/h2-6H,12H2,1H3. The van der Waals surface area contributed by atoms with Gasteiger partial charge in [0.25, 0.3) is 0 Å². The van der Waals surface area contributed by atoms with E-state index in [2.05, 4.69) is 10.2 Å². The molecular weight excluding hydrogens is 220 g/mol. The van der Waals surface area contributed by atoms with E-state index in [9.17, 15) is 0 Å². The van der Waals surface area contributed by atoms with E-state index >= 15 is 0 Å². The van der Waals surface area contributed by atoms with Gasteiger partial charge in [-0.15, -0.1) is 21.5 Å². The van der Waals surface area contributed by atoms with Gasteiger partial charge in [0.2, 0.25) is 0 Å². The molecule has 0 unspecified atom stereocenters. The number of thiophene rings is 1. The van der Waals surface area contributed by atoms with Crippen molar-refractivity contribution in [2.45, 2.75) is 6.92 Å². The van der Waals surface area contributed by atoms with Gasteiger partial charge < -0.3 is 5.73 Å². The fourth-order valence-corrected chi connectivity index (χ4v) is 2.33. The number of anilines is 1. The van der Waals surface area contributed by atoms with Crippen molar-refractivity contribution < 1.29 is 0 Å². The molecule has 3 rings (SSSR count). The van der Waals surface area contributed by atoms with Crippen LogP contribution in [-0.2, 0) is 0 Å². The Morgan fingerprint density at radius 1 is 1.38 bits per heavy atom. The van der Waals surface area contributed by atoms with Gasteiger partial charge in [-0.05, 0) is 30.0 Å². The van der Waals surface area contributed by atoms with Crippen LogP contribution >= 0.6 is 11.3 Å². The summed E-state index contributed by atoms with van der Waals surface area (Å²) in [7, 11) is 0. The van der Waals surface area contributed by atoms with Gasteiger partial charge in [-0.1, -0.05) is 6.07 Å². The minimum absolute atomic E-state index is 0.755. The molecule has 4 nitrogen and oxygen atoms in total. The lowest BCUT2D eigenvalue weighted by Gasteiger charge is -2.01. The second kappa shape index (κ2) is 3.31. The second-order valence-electron chi connectivity index (χ2n) is 3.64. The van der Waals surface area contributed by atoms with Gasteiger partial charge in [-0.25, -0.2) is 0 Å². The smallest absolute Gasteiger partial charge is 0.178 e. The van der Waals surface area contributed by atoms with Crippen LogP contribution in [0.4, 0.5) is 5.69 Å². The Balaban J connectivity index is 2.32. The number of aromatic nitrogens is 3. The quantitative estimate of drug-likeness (QED) is 0.698. The van der Waals surface area contributed by atoms with Gasteiger partial charge in [0.1, 0.15) is 0 Å². The molecule has 0 fully saturated rings. The number of aryl methyl sites for hydroxylation is 1. The van der Waals surface area contributed by atoms with Gasteiger partial charge in [0.15, 0.2) is 11.5 Å². The normalized spacial score (nSPS) is 11.1. The first kappa shape index (κ1) is 9.35. The minimum atomic E-state index is 0.755. The molecule has 0 bridgehead atoms. The molecule has 3 aromatic rings. The van der Waals surface area contributed by atoms with Crippen LogP contribution in [-0.4, -0.2) is 14.6 Å². The molecule has 2 N–H and O–H groups in total. The van der Waals surface area contributed by atoms with Crippen LogP contribution in [0.25, 0.3) is 16.3 Å². The number of fused-ring (bicyclic) bond motifs is 1. The maximum absolute atomic E-state index is 5.89. The van der Waals surface area contributed by atoms with Crippen LogP contribution in [0.1, 0.15) is 5.56 Å². The Labute approximate surface area is 96.4 Å². The first-order valence-electron chi connectivity index (χ1n) is 4.90. The van der Waals surface area contributed by atoms with Crippen LogP contribution in [0.3, 0.4) is 0 Å². The van der Waals surface area contributed by atoms with E-state index in [1.165, 1.54) is 0 Å². The first-order valence-corrected chi connectivity index (χ1v) is 5.78. The Bertz CT molecular complexity index is 639. The number of rotatable bonds is 1. The third-order valence-electron chi connectivity index (χ3n) is 2.53. The molecule has 0 aliphatic carbocycles. The zero-order valence-electron chi connectivity index (χ0n) is 8.71. The number of hydrogen-bond acceptors (Lipinski definition) is 4. The summed E-state index contributed by atoms with van der Waals surface area (Å²) in [5.74, 6) is 0.844. The summed E-state index contributed by atoms with van der Waals surface area (Å²) in [4.78, 5) is 1.09. The molecule has 0 aromatic carbocycles. The summed E-state index contributed by atoms with van der Waals surface area (Å²) in [6.45, 7) is 1.97. The van der Waals surface area contributed by atoms with Crippen molar-refractivity contribution in [1.82, 2.24) is 14.6 Å². The van der Waals surface area contributed by atoms with Crippen molar-refractivity contribution in [2.75, 3.05) is 5.73 Å². The van der Waals surface area contributed by atoms with Gasteiger partial charge in [0.05, 0.1) is 10.6 Å². The van der Waals surface area contributed by atoms with Crippen molar-refractivity contribution in [2.24, 2.45) is 0 Å². The zero-order chi connectivity index (χ0) is 11.1. The molecule has 80 valence electrons. The van der Waals surface area contributed by atoms with Crippen molar-refractivity contribution in [3.63, 3.8) is 0 Å². The number of nitrogen functional groups attached to an aromatic ring is 1. The maximum Gasteiger partial charge on any atom is 0.178 e. The lowest BCUT2D eigenvalue weighted by atomic mass is 10.2. The first-order chi connectivity index (χ1) is 7.75. The molecule has 0 atom stereocenters. The van der Waals surface area contributed by atoms with Gasteiger partial charge in [-0.2, -0.15) is 0 Å². The van der Waals surface area contributed by atoms with E-state index < -0.39 is 0 Å². The molecular formula is C11H10N4S. The van der Waals surface area contributed by atoms with Crippen molar-refractivity contribution in [3.05, 3.63) is 35.3 Å². The summed E-state index contributed by atoms with van der Waals surface area (Å²) < 4.78 is 1.92. The number of nitrogens with two attached hydrogens (primary N) is 1. The predicted octanol–water partition coefficient (Wildman–Crippen LogP) is 2.35. The van der Waals surface area contributed by atoms with Crippen LogP contribution < -0.4 is 5.73 Å². The highest BCUT2D eigenvalue weighted by molar-refractivity contribution is 7.13. The predicted molar refractivity (Wildman–Crippen MR) is 65.4 cm³/mol. The monoisotopic (exact) mass is 230 g/mol. The third-order valence-corrected chi connectivity index (χ3v) is 3.40. The molecule has 0 radical (unpaired) electrons. The van der Waals surface area contributed by atoms with Crippen LogP contribution in [0.5, 0.6) is 0 Å². The molecule has 0 spiro atoms. The van der Waals surface area contributed by atoms with Crippen LogP contribution in [0.2, 0.25) is 0 Å². The fourth-order valence-electron chi connectivity index (χ4n) is 1.62. The average molecular weight is 230 g/mol. The van der Waals surface area contributed by atoms with E-state index in [-0.39, 0.29) is 0 Å². The van der Waals surface area contributed by atoms with Crippen molar-refractivity contribution in [1.29, 1.82) is 0 Å². The summed E-state index contributed by atoms with van der Waals surface area (Å²) in [6.07, 6.45) is 1.87. The minimum Gasteiger partial charge on any atom is -0.397 e. The van der Waals surface area contributed by atoms with E-state index in [0.717, 1.165) is 27.6 Å². The highest BCUT2D eigenvalue weighted by atomic mass is 32.1. The average Bonchev–Trinajstić information content (AvgIpc) is 2.87. The topological polar surface area (TPSA) is 56.2 Å². The second-order valence-corrected chi connectivity index (χ2v) is 4.59. The van der Waals surface area contributed by atoms with Crippen LogP contribution in [0, 0.1) is 6.92 Å². The van der Waals surface area contributed by atoms with Crippen molar-refractivity contribution in [3.8, 4) is 10.7 Å². The number of nitrogens with zero attached hydrogens (tertiary/aromatic N) is 3. The lowest BCUT2D eigenvalue weighted by Crippen LogP contribution is -1.95. The molecule has 0 aliphatic rings. The molecule has 3 heterocycles. The van der Waals surface area contributed by atoms with E-state index in [1.807, 2.05) is 41.1 Å². The lowest BCUT2D eigenvalue weighted by molar-refractivity contribution is 1.12. The largest absolute Gasteiger partial charge is 0.397 e. The maximum atomic E-state index is 5.89. The van der Waals surface area contributed by atoms with Crippen LogP contribution in [0.15, 0.2) is 29.8 Å². The molecule has 16 heavy (non-hydrogen) atoms. The highest BCUT2D eigenvalue weighted by Crippen LogP contribution is 2.24. The van der Waals surface area contributed by atoms with Gasteiger partial charge in [0, 0.05) is 6.20 Å². The summed E-state index contributed by atoms with van der Waals surface area (Å²) >= 11 is 1.64.